The molecule has 0 saturated carbocycles. The molecule has 0 N–H and O–H groups in total. The monoisotopic (exact) mass is 494 g/mol. The van der Waals surface area contributed by atoms with Gasteiger partial charge in [0.1, 0.15) is 0 Å². The first-order valence-corrected chi connectivity index (χ1v) is 5.68. The van der Waals surface area contributed by atoms with Crippen molar-refractivity contribution in [3.63, 3.8) is 0 Å². The normalized spacial score (nSPS) is 8.76. The van der Waals surface area contributed by atoms with Crippen LogP contribution in [0.4, 0.5) is 0 Å². The first kappa shape index (κ1) is 21.9. The fourth-order valence-electron chi connectivity index (χ4n) is 1.75. The smallest absolute Gasteiger partial charge is 0 e. The van der Waals surface area contributed by atoms with Gasteiger partial charge in [0.15, 0.2) is 0 Å². The molecular weight excluding hydrogens is 485 g/mol. The van der Waals surface area contributed by atoms with Crippen molar-refractivity contribution < 1.29 is 98.1 Å². The van der Waals surface area contributed by atoms with Gasteiger partial charge in [-0.3, -0.25) is 17.7 Å². The molecule has 3 aromatic rings. The maximum Gasteiger partial charge on any atom is 0 e. The number of benzene rings is 2. The van der Waals surface area contributed by atoms with Crippen LogP contribution in [0, 0.1) is 24.4 Å². The Hall–Kier alpha value is 0.902. The summed E-state index contributed by atoms with van der Waals surface area (Å²) < 4.78 is 0. The molecule has 1 nitrogen and oxygen atoms in total. The molecule has 4 heteroatoms. The molecule has 3 radical (unpaired) electrons. The van der Waals surface area contributed by atoms with Crippen LogP contribution in [0.1, 0.15) is 0 Å². The van der Waals surface area contributed by atoms with Crippen molar-refractivity contribution in [3.05, 3.63) is 79.1 Å². The minimum Gasteiger partial charge on any atom is -0.379 e. The Morgan fingerprint density at radius 2 is 1.52 bits per heavy atom. The van der Waals surface area contributed by atoms with Crippen LogP contribution < -0.4 is 0 Å². The van der Waals surface area contributed by atoms with Crippen LogP contribution in [-0.4, -0.2) is 4.98 Å². The Morgan fingerprint density at radius 3 is 2.19 bits per heavy atom. The first-order valence-electron chi connectivity index (χ1n) is 5.68. The number of nitrogens with zero attached hydrogens (tertiary/aromatic N) is 1. The molecular formula is C17H9NY3-4. The first-order chi connectivity index (χ1) is 8.93. The third-order valence-corrected chi connectivity index (χ3v) is 2.61. The van der Waals surface area contributed by atoms with Crippen LogP contribution in [0.15, 0.2) is 54.7 Å². The quantitative estimate of drug-likeness (QED) is 0.497. The second kappa shape index (κ2) is 11.4. The molecule has 0 bridgehead atoms. The van der Waals surface area contributed by atoms with Gasteiger partial charge in [-0.2, -0.15) is 17.7 Å². The van der Waals surface area contributed by atoms with Gasteiger partial charge in [0.25, 0.3) is 0 Å². The largest absolute Gasteiger partial charge is 0.379 e. The fourth-order valence-corrected chi connectivity index (χ4v) is 1.75. The zero-order valence-electron chi connectivity index (χ0n) is 11.4. The van der Waals surface area contributed by atoms with Gasteiger partial charge in [-0.15, -0.1) is 18.2 Å². The van der Waals surface area contributed by atoms with E-state index in [0.717, 1.165) is 22.3 Å². The molecule has 0 atom stereocenters. The number of pyridine rings is 1. The number of rotatable bonds is 2. The molecule has 0 aliphatic heterocycles. The molecule has 0 aliphatic carbocycles. The summed E-state index contributed by atoms with van der Waals surface area (Å²) in [5.41, 5.74) is 3.80. The Balaban J connectivity index is 0.00000133. The Bertz CT molecular complexity index is 588. The summed E-state index contributed by atoms with van der Waals surface area (Å²) in [7, 11) is 0. The second-order valence-electron chi connectivity index (χ2n) is 3.83. The molecule has 1 heterocycles. The molecule has 0 spiro atoms. The summed E-state index contributed by atoms with van der Waals surface area (Å²) in [5.74, 6) is 0. The van der Waals surface area contributed by atoms with Crippen LogP contribution in [0.25, 0.3) is 22.3 Å². The van der Waals surface area contributed by atoms with E-state index in [1.807, 2.05) is 48.5 Å². The molecule has 3 rings (SSSR count). The molecule has 21 heavy (non-hydrogen) atoms. The van der Waals surface area contributed by atoms with E-state index in [2.05, 4.69) is 29.4 Å². The van der Waals surface area contributed by atoms with Gasteiger partial charge >= 0.3 is 0 Å². The van der Waals surface area contributed by atoms with Gasteiger partial charge in [-0.05, 0) is 6.20 Å². The van der Waals surface area contributed by atoms with Crippen molar-refractivity contribution in [1.29, 1.82) is 0 Å². The van der Waals surface area contributed by atoms with Gasteiger partial charge in [0.05, 0.1) is 0 Å². The van der Waals surface area contributed by atoms with Crippen LogP contribution in [0.5, 0.6) is 0 Å². The van der Waals surface area contributed by atoms with Crippen molar-refractivity contribution in [2.75, 3.05) is 0 Å². The van der Waals surface area contributed by atoms with Gasteiger partial charge in [-0.1, -0.05) is 6.20 Å². The summed E-state index contributed by atoms with van der Waals surface area (Å²) in [5, 5.41) is 0. The van der Waals surface area contributed by atoms with E-state index < -0.39 is 0 Å². The molecule has 0 fully saturated rings. The standard InChI is InChI=1S/C17H9N.3Y/c1-2-6-14(7-3-1)15-8-4-9-16(12-15)17-10-5-11-18-13-17;;;/h1-6,9-11H;;;/q-4;;;. The number of aromatic nitrogens is 1. The van der Waals surface area contributed by atoms with Crippen molar-refractivity contribution in [2.24, 2.45) is 0 Å². The van der Waals surface area contributed by atoms with Gasteiger partial charge < -0.3 is 28.2 Å². The van der Waals surface area contributed by atoms with E-state index >= 15 is 0 Å². The van der Waals surface area contributed by atoms with Crippen LogP contribution in [0.3, 0.4) is 0 Å². The molecule has 95 valence electrons. The fraction of sp³-hybridized carbons (Fsp3) is 0. The summed E-state index contributed by atoms with van der Waals surface area (Å²) in [6.45, 7) is 0. The van der Waals surface area contributed by atoms with Gasteiger partial charge in [0, 0.05) is 98.1 Å². The van der Waals surface area contributed by atoms with E-state index in [9.17, 15) is 0 Å². The topological polar surface area (TPSA) is 12.9 Å². The average Bonchev–Trinajstić information content (AvgIpc) is 2.49. The van der Waals surface area contributed by atoms with E-state index in [4.69, 9.17) is 0 Å². The van der Waals surface area contributed by atoms with E-state index in [1.165, 1.54) is 0 Å². The van der Waals surface area contributed by atoms with Crippen LogP contribution >= 0.6 is 0 Å². The van der Waals surface area contributed by atoms with Gasteiger partial charge in [0.2, 0.25) is 0 Å². The van der Waals surface area contributed by atoms with E-state index in [-0.39, 0.29) is 98.1 Å². The summed E-state index contributed by atoms with van der Waals surface area (Å²) in [6.07, 6.45) is 4.67. The minimum absolute atomic E-state index is 0. The zero-order valence-corrected chi connectivity index (χ0v) is 19.9. The van der Waals surface area contributed by atoms with E-state index in [0.29, 0.717) is 0 Å². The third-order valence-electron chi connectivity index (χ3n) is 2.61. The Kier molecular flexibility index (Phi) is 11.9. The third kappa shape index (κ3) is 6.13. The zero-order chi connectivity index (χ0) is 12.2. The Labute approximate surface area is 201 Å². The van der Waals surface area contributed by atoms with E-state index in [1.54, 1.807) is 6.20 Å². The van der Waals surface area contributed by atoms with Gasteiger partial charge in [-0.25, -0.2) is 12.1 Å². The second-order valence-corrected chi connectivity index (χ2v) is 3.83. The van der Waals surface area contributed by atoms with Crippen LogP contribution in [0.2, 0.25) is 0 Å². The van der Waals surface area contributed by atoms with Crippen molar-refractivity contribution in [2.45, 2.75) is 0 Å². The molecule has 0 saturated heterocycles. The molecule has 0 unspecified atom stereocenters. The predicted octanol–water partition coefficient (Wildman–Crippen LogP) is 3.61. The number of hydrogen-bond donors (Lipinski definition) is 0. The summed E-state index contributed by atoms with van der Waals surface area (Å²) >= 11 is 0. The SMILES string of the molecule is [Y].[Y].[Y].[c-]1ccc(-c2[c-]nccc2)[c-]c1-c1[c-]cccc1. The van der Waals surface area contributed by atoms with Crippen molar-refractivity contribution in [3.8, 4) is 22.3 Å². The summed E-state index contributed by atoms with van der Waals surface area (Å²) in [6, 6.07) is 25.2. The molecule has 1 aromatic heterocycles. The van der Waals surface area contributed by atoms with Crippen molar-refractivity contribution >= 4 is 0 Å². The maximum atomic E-state index is 4.00. The molecule has 0 amide bonds. The molecule has 0 aliphatic rings. The van der Waals surface area contributed by atoms with Crippen LogP contribution in [-0.2, 0) is 98.1 Å². The number of hydrogen-bond acceptors (Lipinski definition) is 1. The maximum absolute atomic E-state index is 4.00. The molecule has 2 aromatic carbocycles. The van der Waals surface area contributed by atoms with Crippen molar-refractivity contribution in [1.82, 2.24) is 4.98 Å². The minimum atomic E-state index is 0. The average molecular weight is 494 g/mol. The summed E-state index contributed by atoms with van der Waals surface area (Å²) in [4.78, 5) is 4.00. The predicted molar refractivity (Wildman–Crippen MR) is 70.5 cm³/mol. The Morgan fingerprint density at radius 1 is 0.714 bits per heavy atom.